The maximum atomic E-state index is 11.2. The topological polar surface area (TPSA) is 49.8 Å². The van der Waals surface area contributed by atoms with Crippen LogP contribution in [0.25, 0.3) is 0 Å². The Bertz CT molecular complexity index is 301. The van der Waals surface area contributed by atoms with Gasteiger partial charge in [0.2, 0.25) is 0 Å². The van der Waals surface area contributed by atoms with Crippen molar-refractivity contribution in [2.75, 3.05) is 26.3 Å². The van der Waals surface area contributed by atoms with Crippen molar-refractivity contribution in [2.45, 2.75) is 45.1 Å². The molecule has 1 saturated heterocycles. The Morgan fingerprint density at radius 3 is 2.56 bits per heavy atom. The molecule has 0 aromatic rings. The van der Waals surface area contributed by atoms with Gasteiger partial charge in [-0.1, -0.05) is 13.8 Å². The summed E-state index contributed by atoms with van der Waals surface area (Å²) < 4.78 is 5.40. The van der Waals surface area contributed by atoms with Crippen molar-refractivity contribution in [2.24, 2.45) is 11.8 Å². The number of carboxylic acid groups (broad SMARTS) is 1. The van der Waals surface area contributed by atoms with Crippen LogP contribution in [0, 0.1) is 11.8 Å². The third-order valence-corrected chi connectivity index (χ3v) is 4.90. The van der Waals surface area contributed by atoms with Gasteiger partial charge in [-0.25, -0.2) is 0 Å². The lowest BCUT2D eigenvalue weighted by Gasteiger charge is -2.50. The number of aliphatic carboxylic acids is 1. The van der Waals surface area contributed by atoms with Crippen molar-refractivity contribution < 1.29 is 14.6 Å². The zero-order chi connectivity index (χ0) is 13.2. The minimum Gasteiger partial charge on any atom is -0.481 e. The number of rotatable bonds is 3. The molecule has 3 unspecified atom stereocenters. The second-order valence-corrected chi connectivity index (χ2v) is 6.09. The fraction of sp³-hybridized carbons (Fsp3) is 0.929. The zero-order valence-electron chi connectivity index (χ0n) is 11.5. The molecule has 0 spiro atoms. The summed E-state index contributed by atoms with van der Waals surface area (Å²) in [6.07, 6.45) is 3.46. The number of hydrogen-bond donors (Lipinski definition) is 1. The number of ether oxygens (including phenoxy) is 1. The van der Waals surface area contributed by atoms with Crippen molar-refractivity contribution in [1.29, 1.82) is 0 Å². The van der Waals surface area contributed by atoms with Gasteiger partial charge < -0.3 is 9.84 Å². The van der Waals surface area contributed by atoms with Gasteiger partial charge in [0.05, 0.1) is 19.6 Å². The van der Waals surface area contributed by atoms with Crippen LogP contribution < -0.4 is 0 Å². The summed E-state index contributed by atoms with van der Waals surface area (Å²) in [6, 6.07) is 0. The molecule has 4 heteroatoms. The molecule has 2 rings (SSSR count). The molecule has 1 saturated carbocycles. The molecular weight excluding hydrogens is 230 g/mol. The smallest absolute Gasteiger partial charge is 0.305 e. The largest absolute Gasteiger partial charge is 0.481 e. The molecule has 1 aliphatic heterocycles. The van der Waals surface area contributed by atoms with E-state index in [-0.39, 0.29) is 12.0 Å². The van der Waals surface area contributed by atoms with E-state index in [0.29, 0.717) is 11.8 Å². The van der Waals surface area contributed by atoms with Crippen LogP contribution >= 0.6 is 0 Å². The van der Waals surface area contributed by atoms with E-state index in [9.17, 15) is 9.90 Å². The molecule has 1 N–H and O–H groups in total. The number of hydrogen-bond acceptors (Lipinski definition) is 3. The first-order valence-corrected chi connectivity index (χ1v) is 7.08. The number of nitrogens with zero attached hydrogens (tertiary/aromatic N) is 1. The Labute approximate surface area is 109 Å². The van der Waals surface area contributed by atoms with E-state index in [4.69, 9.17) is 4.74 Å². The maximum Gasteiger partial charge on any atom is 0.305 e. The van der Waals surface area contributed by atoms with E-state index in [1.807, 2.05) is 0 Å². The molecule has 1 aliphatic carbocycles. The van der Waals surface area contributed by atoms with Gasteiger partial charge in [-0.05, 0) is 31.1 Å². The third-order valence-electron chi connectivity index (χ3n) is 4.90. The van der Waals surface area contributed by atoms with Crippen LogP contribution in [0.3, 0.4) is 0 Å². The molecule has 4 nitrogen and oxygen atoms in total. The second kappa shape index (κ2) is 5.57. The normalized spacial score (nSPS) is 38.6. The molecular formula is C14H25NO3. The predicted octanol–water partition coefficient (Wildman–Crippen LogP) is 1.99. The highest BCUT2D eigenvalue weighted by atomic mass is 16.5. The summed E-state index contributed by atoms with van der Waals surface area (Å²) >= 11 is 0. The highest BCUT2D eigenvalue weighted by Crippen LogP contribution is 2.42. The second-order valence-electron chi connectivity index (χ2n) is 6.09. The predicted molar refractivity (Wildman–Crippen MR) is 69.6 cm³/mol. The van der Waals surface area contributed by atoms with Gasteiger partial charge in [-0.2, -0.15) is 0 Å². The molecule has 0 bridgehead atoms. The van der Waals surface area contributed by atoms with Crippen molar-refractivity contribution >= 4 is 5.97 Å². The third kappa shape index (κ3) is 2.86. The number of carbonyl (C=O) groups is 1. The zero-order valence-corrected chi connectivity index (χ0v) is 11.5. The first-order chi connectivity index (χ1) is 8.53. The molecule has 0 aromatic carbocycles. The number of carboxylic acids is 1. The monoisotopic (exact) mass is 255 g/mol. The van der Waals surface area contributed by atoms with Gasteiger partial charge in [0, 0.05) is 18.6 Å². The van der Waals surface area contributed by atoms with Crippen LogP contribution in [0.5, 0.6) is 0 Å². The minimum atomic E-state index is -0.664. The minimum absolute atomic E-state index is 0.123. The average Bonchev–Trinajstić information content (AvgIpc) is 2.34. The van der Waals surface area contributed by atoms with Gasteiger partial charge in [-0.15, -0.1) is 0 Å². The SMILES string of the molecule is CC1CCC(CC(=O)O)(N2CCOCC2)CC1C. The van der Waals surface area contributed by atoms with Gasteiger partial charge in [0.1, 0.15) is 0 Å². The summed E-state index contributed by atoms with van der Waals surface area (Å²) in [6.45, 7) is 7.80. The summed E-state index contributed by atoms with van der Waals surface area (Å²) in [5.74, 6) is 0.664. The van der Waals surface area contributed by atoms with Crippen LogP contribution in [0.4, 0.5) is 0 Å². The van der Waals surface area contributed by atoms with Crippen molar-refractivity contribution in [1.82, 2.24) is 4.90 Å². The lowest BCUT2D eigenvalue weighted by atomic mass is 9.69. The molecule has 0 aromatic heterocycles. The van der Waals surface area contributed by atoms with Crippen LogP contribution in [-0.2, 0) is 9.53 Å². The van der Waals surface area contributed by atoms with Gasteiger partial charge in [0.25, 0.3) is 0 Å². The van der Waals surface area contributed by atoms with Crippen LogP contribution in [0.15, 0.2) is 0 Å². The molecule has 1 heterocycles. The van der Waals surface area contributed by atoms with Gasteiger partial charge >= 0.3 is 5.97 Å². The summed E-state index contributed by atoms with van der Waals surface area (Å²) in [7, 11) is 0. The van der Waals surface area contributed by atoms with Gasteiger partial charge in [-0.3, -0.25) is 9.69 Å². The molecule has 0 amide bonds. The van der Waals surface area contributed by atoms with Crippen LogP contribution in [0.2, 0.25) is 0 Å². The van der Waals surface area contributed by atoms with E-state index in [2.05, 4.69) is 18.7 Å². The Hall–Kier alpha value is -0.610. The molecule has 2 aliphatic rings. The maximum absolute atomic E-state index is 11.2. The highest BCUT2D eigenvalue weighted by Gasteiger charge is 2.44. The first kappa shape index (κ1) is 13.8. The number of morpholine rings is 1. The Morgan fingerprint density at radius 2 is 2.00 bits per heavy atom. The van der Waals surface area contributed by atoms with Crippen LogP contribution in [0.1, 0.15) is 39.5 Å². The van der Waals surface area contributed by atoms with E-state index in [0.717, 1.165) is 45.6 Å². The van der Waals surface area contributed by atoms with Crippen molar-refractivity contribution in [3.63, 3.8) is 0 Å². The van der Waals surface area contributed by atoms with Crippen LogP contribution in [-0.4, -0.2) is 47.8 Å². The van der Waals surface area contributed by atoms with Crippen molar-refractivity contribution in [3.05, 3.63) is 0 Å². The summed E-state index contributed by atoms with van der Waals surface area (Å²) in [4.78, 5) is 13.6. The van der Waals surface area contributed by atoms with E-state index in [1.54, 1.807) is 0 Å². The fourth-order valence-electron chi connectivity index (χ4n) is 3.56. The molecule has 2 fully saturated rings. The van der Waals surface area contributed by atoms with Crippen molar-refractivity contribution in [3.8, 4) is 0 Å². The Morgan fingerprint density at radius 1 is 1.33 bits per heavy atom. The lowest BCUT2D eigenvalue weighted by molar-refractivity contribution is -0.144. The van der Waals surface area contributed by atoms with Gasteiger partial charge in [0.15, 0.2) is 0 Å². The lowest BCUT2D eigenvalue weighted by Crippen LogP contribution is -2.57. The van der Waals surface area contributed by atoms with E-state index in [1.165, 1.54) is 0 Å². The highest BCUT2D eigenvalue weighted by molar-refractivity contribution is 5.68. The summed E-state index contributed by atoms with van der Waals surface area (Å²) in [5, 5.41) is 9.26. The molecule has 0 radical (unpaired) electrons. The molecule has 18 heavy (non-hydrogen) atoms. The standard InChI is InChI=1S/C14H25NO3/c1-11-3-4-14(9-12(11)2,10-13(16)17)15-5-7-18-8-6-15/h11-12H,3-10H2,1-2H3,(H,16,17). The summed E-state index contributed by atoms with van der Waals surface area (Å²) in [5.41, 5.74) is -0.123. The fourth-order valence-corrected chi connectivity index (χ4v) is 3.56. The Kier molecular flexibility index (Phi) is 4.28. The van der Waals surface area contributed by atoms with E-state index >= 15 is 0 Å². The average molecular weight is 255 g/mol. The Balaban J connectivity index is 2.14. The first-order valence-electron chi connectivity index (χ1n) is 7.08. The molecule has 104 valence electrons. The molecule has 3 atom stereocenters. The quantitative estimate of drug-likeness (QED) is 0.838. The van der Waals surface area contributed by atoms with E-state index < -0.39 is 5.97 Å².